The number of urea groups is 1. The molecule has 66 valence electrons. The van der Waals surface area contributed by atoms with E-state index in [-0.39, 0.29) is 17.6 Å². The average molecular weight is 167 g/mol. The molecule has 1 heterocycles. The molecule has 0 unspecified atom stereocenters. The van der Waals surface area contributed by atoms with Crippen LogP contribution in [0, 0.1) is 11.3 Å². The summed E-state index contributed by atoms with van der Waals surface area (Å²) in [6.07, 6.45) is 0. The minimum Gasteiger partial charge on any atom is -0.333 e. The van der Waals surface area contributed by atoms with E-state index >= 15 is 0 Å². The first kappa shape index (κ1) is 8.85. The van der Waals surface area contributed by atoms with Crippen molar-refractivity contribution in [3.63, 3.8) is 0 Å². The number of carbonyl (C=O) groups is 1. The van der Waals surface area contributed by atoms with Crippen LogP contribution in [-0.4, -0.2) is 29.1 Å². The summed E-state index contributed by atoms with van der Waals surface area (Å²) in [6, 6.07) is 1.67. The second-order valence-corrected chi connectivity index (χ2v) is 3.98. The fourth-order valence-corrected chi connectivity index (χ4v) is 0.867. The van der Waals surface area contributed by atoms with Gasteiger partial charge in [0.1, 0.15) is 6.04 Å². The Morgan fingerprint density at radius 3 is 2.58 bits per heavy atom. The molecular weight excluding hydrogens is 154 g/mol. The minimum atomic E-state index is -0.223. The smallest absolute Gasteiger partial charge is 0.319 e. The highest BCUT2D eigenvalue weighted by Crippen LogP contribution is 2.16. The highest BCUT2D eigenvalue weighted by Gasteiger charge is 2.39. The molecule has 1 atom stereocenters. The molecule has 4 heteroatoms. The lowest BCUT2D eigenvalue weighted by Crippen LogP contribution is -2.43. The normalized spacial score (nSPS) is 21.5. The van der Waals surface area contributed by atoms with Crippen molar-refractivity contribution in [2.24, 2.45) is 0 Å². The van der Waals surface area contributed by atoms with Crippen LogP contribution < -0.4 is 5.32 Å². The van der Waals surface area contributed by atoms with Gasteiger partial charge in [-0.2, -0.15) is 5.26 Å². The fraction of sp³-hybridized carbons (Fsp3) is 0.750. The van der Waals surface area contributed by atoms with Crippen molar-refractivity contribution >= 4 is 6.03 Å². The van der Waals surface area contributed by atoms with E-state index in [2.05, 4.69) is 5.32 Å². The Bertz CT molecular complexity index is 236. The molecule has 0 aromatic heterocycles. The van der Waals surface area contributed by atoms with Crippen molar-refractivity contribution in [1.82, 2.24) is 10.2 Å². The minimum absolute atomic E-state index is 0.144. The molecule has 4 nitrogen and oxygen atoms in total. The number of rotatable bonds is 0. The molecule has 0 saturated carbocycles. The lowest BCUT2D eigenvalue weighted by atomic mass is 10.1. The van der Waals surface area contributed by atoms with Gasteiger partial charge < -0.3 is 10.2 Å². The molecule has 0 aliphatic carbocycles. The van der Waals surface area contributed by atoms with E-state index in [1.54, 1.807) is 0 Å². The average Bonchev–Trinajstić information content (AvgIpc) is 2.60. The maximum absolute atomic E-state index is 11.3. The summed E-state index contributed by atoms with van der Waals surface area (Å²) >= 11 is 0. The maximum Gasteiger partial charge on any atom is 0.319 e. The first-order valence-electron chi connectivity index (χ1n) is 3.92. The van der Waals surface area contributed by atoms with Crippen LogP contribution in [0.4, 0.5) is 4.79 Å². The Balaban J connectivity index is 2.38. The zero-order valence-corrected chi connectivity index (χ0v) is 7.59. The molecule has 0 aromatic carbocycles. The van der Waals surface area contributed by atoms with Gasteiger partial charge in [-0.3, -0.25) is 0 Å². The predicted molar refractivity (Wildman–Crippen MR) is 44.4 cm³/mol. The Morgan fingerprint density at radius 2 is 2.25 bits per heavy atom. The van der Waals surface area contributed by atoms with E-state index in [9.17, 15) is 4.79 Å². The van der Waals surface area contributed by atoms with Crippen molar-refractivity contribution in [2.45, 2.75) is 32.4 Å². The van der Waals surface area contributed by atoms with Gasteiger partial charge in [-0.25, -0.2) is 4.79 Å². The molecule has 2 amide bonds. The molecule has 1 rings (SSSR count). The molecule has 1 aliphatic rings. The first-order valence-corrected chi connectivity index (χ1v) is 3.92. The van der Waals surface area contributed by atoms with Gasteiger partial charge in [0, 0.05) is 5.54 Å². The van der Waals surface area contributed by atoms with Gasteiger partial charge in [0.05, 0.1) is 12.6 Å². The number of nitriles is 1. The van der Waals surface area contributed by atoms with E-state index in [1.165, 1.54) is 4.90 Å². The van der Waals surface area contributed by atoms with Crippen LogP contribution in [0.15, 0.2) is 0 Å². The number of amides is 2. The van der Waals surface area contributed by atoms with Crippen molar-refractivity contribution in [3.05, 3.63) is 0 Å². The van der Waals surface area contributed by atoms with Crippen LogP contribution in [0.25, 0.3) is 0 Å². The first-order chi connectivity index (χ1) is 5.44. The number of carbonyl (C=O) groups excluding carboxylic acids is 1. The van der Waals surface area contributed by atoms with E-state index < -0.39 is 0 Å². The molecule has 1 aliphatic heterocycles. The van der Waals surface area contributed by atoms with E-state index in [0.29, 0.717) is 6.54 Å². The highest BCUT2D eigenvalue weighted by atomic mass is 16.2. The molecule has 1 fully saturated rings. The van der Waals surface area contributed by atoms with Crippen molar-refractivity contribution in [3.8, 4) is 6.07 Å². The number of nitrogens with one attached hydrogen (secondary N) is 1. The van der Waals surface area contributed by atoms with Crippen LogP contribution in [0.1, 0.15) is 20.8 Å². The summed E-state index contributed by atoms with van der Waals surface area (Å²) in [4.78, 5) is 12.8. The summed E-state index contributed by atoms with van der Waals surface area (Å²) in [7, 11) is 0. The van der Waals surface area contributed by atoms with Crippen LogP contribution in [0.5, 0.6) is 0 Å². The van der Waals surface area contributed by atoms with Gasteiger partial charge in [-0.1, -0.05) is 0 Å². The molecule has 0 radical (unpaired) electrons. The third-order valence-corrected chi connectivity index (χ3v) is 1.50. The molecule has 12 heavy (non-hydrogen) atoms. The Kier molecular flexibility index (Phi) is 1.97. The summed E-state index contributed by atoms with van der Waals surface area (Å²) in [5.41, 5.74) is -0.223. The summed E-state index contributed by atoms with van der Waals surface area (Å²) in [6.45, 7) is 6.31. The van der Waals surface area contributed by atoms with Gasteiger partial charge in [-0.15, -0.1) is 0 Å². The second-order valence-electron chi connectivity index (χ2n) is 3.98. The highest BCUT2D eigenvalue weighted by molar-refractivity contribution is 5.78. The number of hydrogen-bond donors (Lipinski definition) is 1. The lowest BCUT2D eigenvalue weighted by molar-refractivity contribution is 0.219. The third kappa shape index (κ3) is 2.12. The lowest BCUT2D eigenvalue weighted by Gasteiger charge is -2.20. The van der Waals surface area contributed by atoms with Crippen molar-refractivity contribution < 1.29 is 4.79 Å². The summed E-state index contributed by atoms with van der Waals surface area (Å²) in [5, 5.41) is 11.2. The van der Waals surface area contributed by atoms with Gasteiger partial charge >= 0.3 is 6.03 Å². The van der Waals surface area contributed by atoms with Gasteiger partial charge in [0.15, 0.2) is 0 Å². The molecule has 1 N–H and O–H groups in total. The zero-order chi connectivity index (χ0) is 9.35. The summed E-state index contributed by atoms with van der Waals surface area (Å²) in [5.74, 6) is 0. The van der Waals surface area contributed by atoms with Gasteiger partial charge in [0.25, 0.3) is 0 Å². The number of hydrogen-bond acceptors (Lipinski definition) is 2. The van der Waals surface area contributed by atoms with E-state index in [1.807, 2.05) is 26.8 Å². The Hall–Kier alpha value is -1.24. The maximum atomic E-state index is 11.3. The fourth-order valence-electron chi connectivity index (χ4n) is 0.867. The molecule has 0 aromatic rings. The summed E-state index contributed by atoms with van der Waals surface area (Å²) < 4.78 is 0. The monoisotopic (exact) mass is 167 g/mol. The van der Waals surface area contributed by atoms with Crippen LogP contribution in [0.3, 0.4) is 0 Å². The number of nitrogens with zero attached hydrogens (tertiary/aromatic N) is 2. The zero-order valence-electron chi connectivity index (χ0n) is 7.59. The standard InChI is InChI=1S/C8H13N3O/c1-8(2,3)10-7(12)11-5-6(11)4-9/h6H,5H2,1-3H3,(H,10,12)/t6-,11?/m1/s1. The predicted octanol–water partition coefficient (Wildman–Crippen LogP) is 0.702. The molecule has 0 spiro atoms. The van der Waals surface area contributed by atoms with Gasteiger partial charge in [-0.05, 0) is 20.8 Å². The molecule has 1 saturated heterocycles. The molecule has 0 bridgehead atoms. The third-order valence-electron chi connectivity index (χ3n) is 1.50. The largest absolute Gasteiger partial charge is 0.333 e. The SMILES string of the molecule is CC(C)(C)NC(=O)N1C[C@H]1C#N. The van der Waals surface area contributed by atoms with Crippen molar-refractivity contribution in [1.29, 1.82) is 5.26 Å². The Morgan fingerprint density at radius 1 is 1.67 bits per heavy atom. The second kappa shape index (κ2) is 2.67. The van der Waals surface area contributed by atoms with Crippen molar-refractivity contribution in [2.75, 3.05) is 6.54 Å². The van der Waals surface area contributed by atoms with Crippen LogP contribution in [-0.2, 0) is 0 Å². The van der Waals surface area contributed by atoms with E-state index in [0.717, 1.165) is 0 Å². The quantitative estimate of drug-likeness (QED) is 0.540. The van der Waals surface area contributed by atoms with Crippen LogP contribution >= 0.6 is 0 Å². The molecular formula is C8H13N3O. The van der Waals surface area contributed by atoms with E-state index in [4.69, 9.17) is 5.26 Å². The topological polar surface area (TPSA) is 55.9 Å². The van der Waals surface area contributed by atoms with Gasteiger partial charge in [0.2, 0.25) is 0 Å². The van der Waals surface area contributed by atoms with Crippen LogP contribution in [0.2, 0.25) is 0 Å². The Labute approximate surface area is 72.2 Å².